The highest BCUT2D eigenvalue weighted by Crippen LogP contribution is 2.27. The van der Waals surface area contributed by atoms with Crippen LogP contribution in [0.25, 0.3) is 5.76 Å². The number of rotatable bonds is 5. The molecule has 0 saturated heterocycles. The van der Waals surface area contributed by atoms with Crippen LogP contribution in [0, 0.1) is 0 Å². The zero-order chi connectivity index (χ0) is 17.0. The number of aliphatic carboxylic acids is 1. The van der Waals surface area contributed by atoms with E-state index < -0.39 is 11.7 Å². The molecule has 2 aromatic rings. The molecule has 0 bridgehead atoms. The quantitative estimate of drug-likeness (QED) is 0.351. The number of pyridine rings is 1. The van der Waals surface area contributed by atoms with Crippen LogP contribution in [0.3, 0.4) is 0 Å². The topological polar surface area (TPSA) is 95.7 Å². The Morgan fingerprint density at radius 3 is 2.61 bits per heavy atom. The summed E-state index contributed by atoms with van der Waals surface area (Å²) < 4.78 is 0. The number of hydrogen-bond donors (Lipinski definition) is 2. The Kier molecular flexibility index (Phi) is 5.70. The minimum absolute atomic E-state index is 0.0637. The summed E-state index contributed by atoms with van der Waals surface area (Å²) in [6, 6.07) is 2.80. The van der Waals surface area contributed by atoms with E-state index in [1.54, 1.807) is 18.5 Å². The number of halogens is 2. The van der Waals surface area contributed by atoms with E-state index in [1.165, 1.54) is 23.5 Å². The number of carboxylic acids is 1. The van der Waals surface area contributed by atoms with E-state index in [0.717, 1.165) is 0 Å². The number of aromatic nitrogens is 2. The molecule has 120 valence electrons. The van der Waals surface area contributed by atoms with Crippen LogP contribution < -0.4 is 0 Å². The average molecular weight is 372 g/mol. The van der Waals surface area contributed by atoms with Crippen molar-refractivity contribution in [3.8, 4) is 0 Å². The van der Waals surface area contributed by atoms with E-state index in [4.69, 9.17) is 23.2 Å². The molecule has 2 rings (SSSR count). The van der Waals surface area contributed by atoms with Crippen molar-refractivity contribution in [1.82, 2.24) is 9.97 Å². The van der Waals surface area contributed by atoms with E-state index in [2.05, 4.69) is 15.0 Å². The van der Waals surface area contributed by atoms with Crippen LogP contribution in [0.5, 0.6) is 0 Å². The second kappa shape index (κ2) is 7.54. The van der Waals surface area contributed by atoms with Gasteiger partial charge in [0.2, 0.25) is 5.13 Å². The van der Waals surface area contributed by atoms with E-state index >= 15 is 0 Å². The van der Waals surface area contributed by atoms with Gasteiger partial charge in [0.1, 0.15) is 21.6 Å². The molecule has 0 aliphatic rings. The summed E-state index contributed by atoms with van der Waals surface area (Å²) in [5.74, 6) is -1.85. The van der Waals surface area contributed by atoms with Gasteiger partial charge in [-0.3, -0.25) is 0 Å². The highest BCUT2D eigenvalue weighted by atomic mass is 35.5. The minimum atomic E-state index is -1.33. The fourth-order valence-electron chi connectivity index (χ4n) is 1.78. The van der Waals surface area contributed by atoms with Crippen molar-refractivity contribution < 1.29 is 15.0 Å². The van der Waals surface area contributed by atoms with Crippen LogP contribution in [-0.4, -0.2) is 31.9 Å². The molecule has 0 aliphatic carbocycles. The summed E-state index contributed by atoms with van der Waals surface area (Å²) in [4.78, 5) is 23.6. The maximum atomic E-state index is 11.6. The smallest absolute Gasteiger partial charge is 0.341 e. The van der Waals surface area contributed by atoms with Gasteiger partial charge in [0, 0.05) is 11.6 Å². The molecule has 9 heteroatoms. The Balaban J connectivity index is 2.61. The highest BCUT2D eigenvalue weighted by Gasteiger charge is 2.23. The highest BCUT2D eigenvalue weighted by molar-refractivity contribution is 7.13. The van der Waals surface area contributed by atoms with Crippen LogP contribution in [0.4, 0.5) is 5.13 Å². The van der Waals surface area contributed by atoms with Crippen molar-refractivity contribution >= 4 is 57.1 Å². The van der Waals surface area contributed by atoms with Crippen molar-refractivity contribution in [3.63, 3.8) is 0 Å². The fraction of sp³-hybridized carbons (Fsp3) is 0.143. The molecule has 2 heterocycles. The van der Waals surface area contributed by atoms with Gasteiger partial charge >= 0.3 is 5.97 Å². The lowest BCUT2D eigenvalue weighted by atomic mass is 10.0. The van der Waals surface area contributed by atoms with Crippen LogP contribution >= 0.6 is 34.5 Å². The number of carbonyl (C=O) groups is 1. The summed E-state index contributed by atoms with van der Waals surface area (Å²) in [5.41, 5.74) is -0.113. The minimum Gasteiger partial charge on any atom is -0.506 e. The Hall–Kier alpha value is -1.96. The summed E-state index contributed by atoms with van der Waals surface area (Å²) in [7, 11) is 0. The number of carboxylic acid groups (broad SMARTS) is 1. The second-order valence-electron chi connectivity index (χ2n) is 4.23. The lowest BCUT2D eigenvalue weighted by Crippen LogP contribution is -2.14. The van der Waals surface area contributed by atoms with Crippen molar-refractivity contribution in [2.45, 2.75) is 13.3 Å². The van der Waals surface area contributed by atoms with E-state index in [-0.39, 0.29) is 33.6 Å². The number of thiazole rings is 1. The van der Waals surface area contributed by atoms with Gasteiger partial charge in [-0.15, -0.1) is 11.3 Å². The number of hydrogen-bond acceptors (Lipinski definition) is 6. The van der Waals surface area contributed by atoms with E-state index in [1.807, 2.05) is 0 Å². The van der Waals surface area contributed by atoms with Crippen molar-refractivity contribution in [2.75, 3.05) is 0 Å². The third-order valence-electron chi connectivity index (χ3n) is 2.79. The van der Waals surface area contributed by atoms with Crippen molar-refractivity contribution in [2.24, 2.45) is 4.99 Å². The average Bonchev–Trinajstić information content (AvgIpc) is 2.98. The second-order valence-corrected chi connectivity index (χ2v) is 5.85. The van der Waals surface area contributed by atoms with Gasteiger partial charge in [-0.05, 0) is 18.6 Å². The zero-order valence-electron chi connectivity index (χ0n) is 11.8. The maximum absolute atomic E-state index is 11.6. The molecule has 0 saturated carbocycles. The van der Waals surface area contributed by atoms with Gasteiger partial charge in [0.25, 0.3) is 0 Å². The van der Waals surface area contributed by atoms with Crippen molar-refractivity contribution in [3.05, 3.63) is 45.2 Å². The van der Waals surface area contributed by atoms with E-state index in [0.29, 0.717) is 5.13 Å². The van der Waals surface area contributed by atoms with Gasteiger partial charge in [-0.25, -0.2) is 19.8 Å². The lowest BCUT2D eigenvalue weighted by molar-refractivity contribution is -0.132. The van der Waals surface area contributed by atoms with Crippen LogP contribution in [0.2, 0.25) is 10.3 Å². The summed E-state index contributed by atoms with van der Waals surface area (Å²) in [5, 5.41) is 22.0. The number of aliphatic hydroxyl groups excluding tert-OH is 1. The number of aliphatic imine (C=N–C) groups is 1. The molecule has 23 heavy (non-hydrogen) atoms. The standard InChI is InChI=1S/C14H11Cl2N3O3S/c1-2-8(18-14-17-5-6-23-14)10(13(21)22)11(20)7-3-4-9(15)19-12(7)16/h3-6,20H,2H2,1H3,(H,21,22). The third-order valence-corrected chi connectivity index (χ3v) is 3.96. The maximum Gasteiger partial charge on any atom is 0.341 e. The summed E-state index contributed by atoms with van der Waals surface area (Å²) in [6.45, 7) is 1.73. The third kappa shape index (κ3) is 4.07. The van der Waals surface area contributed by atoms with Crippen molar-refractivity contribution in [1.29, 1.82) is 0 Å². The Labute approximate surface area is 145 Å². The summed E-state index contributed by atoms with van der Waals surface area (Å²) >= 11 is 12.9. The first-order valence-corrected chi connectivity index (χ1v) is 8.04. The number of aliphatic hydroxyl groups is 1. The molecule has 2 N–H and O–H groups in total. The monoisotopic (exact) mass is 371 g/mol. The molecule has 0 unspecified atom stereocenters. The molecule has 0 aromatic carbocycles. The largest absolute Gasteiger partial charge is 0.506 e. The molecule has 6 nitrogen and oxygen atoms in total. The molecule has 0 atom stereocenters. The first-order valence-electron chi connectivity index (χ1n) is 6.40. The van der Waals surface area contributed by atoms with Crippen LogP contribution in [0.15, 0.2) is 34.3 Å². The molecule has 0 aliphatic heterocycles. The Morgan fingerprint density at radius 1 is 1.35 bits per heavy atom. The first-order chi connectivity index (χ1) is 10.9. The molecular weight excluding hydrogens is 361 g/mol. The van der Waals surface area contributed by atoms with Gasteiger partial charge in [-0.1, -0.05) is 30.1 Å². The molecular formula is C14H11Cl2N3O3S. The van der Waals surface area contributed by atoms with Gasteiger partial charge in [0.15, 0.2) is 0 Å². The molecule has 0 fully saturated rings. The Bertz CT molecular complexity index is 789. The van der Waals surface area contributed by atoms with Gasteiger partial charge in [-0.2, -0.15) is 0 Å². The summed E-state index contributed by atoms with van der Waals surface area (Å²) in [6.07, 6.45) is 1.84. The molecule has 0 amide bonds. The lowest BCUT2D eigenvalue weighted by Gasteiger charge is -2.09. The Morgan fingerprint density at radius 2 is 2.09 bits per heavy atom. The van der Waals surface area contributed by atoms with Crippen LogP contribution in [-0.2, 0) is 4.79 Å². The normalized spacial score (nSPS) is 12.9. The van der Waals surface area contributed by atoms with Crippen LogP contribution in [0.1, 0.15) is 18.9 Å². The van der Waals surface area contributed by atoms with E-state index in [9.17, 15) is 15.0 Å². The number of nitrogens with zero attached hydrogens (tertiary/aromatic N) is 3. The SMILES string of the molecule is CCC(=Nc1nccs1)C(C(=O)O)=C(O)c1ccc(Cl)nc1Cl. The predicted molar refractivity (Wildman–Crippen MR) is 90.9 cm³/mol. The molecule has 2 aromatic heterocycles. The molecule has 0 spiro atoms. The van der Waals surface area contributed by atoms with Gasteiger partial charge in [0.05, 0.1) is 11.3 Å². The molecule has 0 radical (unpaired) electrons. The zero-order valence-corrected chi connectivity index (χ0v) is 14.2. The van der Waals surface area contributed by atoms with Gasteiger partial charge < -0.3 is 10.2 Å². The fourth-order valence-corrected chi connectivity index (χ4v) is 2.75. The predicted octanol–water partition coefficient (Wildman–Crippen LogP) is 4.38. The first kappa shape index (κ1) is 17.4.